The average Bonchev–Trinajstić information content (AvgIpc) is 3.09. The fourth-order valence-electron chi connectivity index (χ4n) is 3.55. The van der Waals surface area contributed by atoms with Crippen LogP contribution in [0.1, 0.15) is 18.4 Å². The van der Waals surface area contributed by atoms with Crippen LogP contribution in [-0.4, -0.2) is 52.7 Å². The molecule has 1 aliphatic heterocycles. The third kappa shape index (κ3) is 3.32. The van der Waals surface area contributed by atoms with E-state index in [2.05, 4.69) is 16.1 Å². The Hall–Kier alpha value is -1.85. The molecule has 2 aromatic rings. The predicted molar refractivity (Wildman–Crippen MR) is 94.9 cm³/mol. The van der Waals surface area contributed by atoms with Gasteiger partial charge in [-0.15, -0.1) is 0 Å². The molecule has 1 aliphatic rings. The highest BCUT2D eigenvalue weighted by molar-refractivity contribution is 6.30. The molecule has 6 heteroatoms. The van der Waals surface area contributed by atoms with Crippen LogP contribution in [0.5, 0.6) is 0 Å². The number of piperidine rings is 1. The molecule has 0 saturated carbocycles. The number of hydrogen-bond acceptors (Lipinski definition) is 3. The number of likely N-dealkylation sites (N-methyl/N-ethyl adjacent to an activating group) is 1. The molecular weight excluding hydrogens is 324 g/mol. The number of hydrogen-bond donors (Lipinski definition) is 0. The minimum Gasteiger partial charge on any atom is -0.347 e. The van der Waals surface area contributed by atoms with E-state index >= 15 is 0 Å². The lowest BCUT2D eigenvalue weighted by atomic mass is 9.87. The molecule has 1 atom stereocenters. The largest absolute Gasteiger partial charge is 0.347 e. The van der Waals surface area contributed by atoms with E-state index in [0.717, 1.165) is 36.5 Å². The number of amides is 1. The van der Waals surface area contributed by atoms with Gasteiger partial charge in [0.1, 0.15) is 0 Å². The molecule has 2 heterocycles. The van der Waals surface area contributed by atoms with Crippen molar-refractivity contribution in [1.82, 2.24) is 19.6 Å². The second-order valence-electron chi connectivity index (χ2n) is 6.63. The average molecular weight is 347 g/mol. The Kier molecular flexibility index (Phi) is 4.92. The maximum absolute atomic E-state index is 13.0. The summed E-state index contributed by atoms with van der Waals surface area (Å²) in [5.74, 6) is 0.0991. The SMILES string of the molecule is CN(C)C(=O)C1(n2cccn2)CCCN(Cc2cccc(Cl)c2)C1. The van der Waals surface area contributed by atoms with Gasteiger partial charge in [0.2, 0.25) is 0 Å². The first-order chi connectivity index (χ1) is 11.5. The zero-order valence-corrected chi connectivity index (χ0v) is 14.9. The Morgan fingerprint density at radius 1 is 1.38 bits per heavy atom. The fraction of sp³-hybridized carbons (Fsp3) is 0.444. The van der Waals surface area contributed by atoms with Gasteiger partial charge in [0.05, 0.1) is 0 Å². The highest BCUT2D eigenvalue weighted by Gasteiger charge is 2.45. The van der Waals surface area contributed by atoms with Crippen molar-refractivity contribution in [3.63, 3.8) is 0 Å². The Bertz CT molecular complexity index is 701. The van der Waals surface area contributed by atoms with Gasteiger partial charge in [0.15, 0.2) is 5.54 Å². The number of benzene rings is 1. The normalized spacial score (nSPS) is 21.6. The third-order valence-electron chi connectivity index (χ3n) is 4.59. The summed E-state index contributed by atoms with van der Waals surface area (Å²) >= 11 is 6.10. The summed E-state index contributed by atoms with van der Waals surface area (Å²) in [5, 5.41) is 5.14. The van der Waals surface area contributed by atoms with Crippen molar-refractivity contribution < 1.29 is 4.79 Å². The number of carbonyl (C=O) groups excluding carboxylic acids is 1. The van der Waals surface area contributed by atoms with Crippen LogP contribution in [0.15, 0.2) is 42.7 Å². The van der Waals surface area contributed by atoms with Crippen molar-refractivity contribution >= 4 is 17.5 Å². The topological polar surface area (TPSA) is 41.4 Å². The minimum atomic E-state index is -0.635. The molecule has 128 valence electrons. The van der Waals surface area contributed by atoms with Crippen LogP contribution < -0.4 is 0 Å². The van der Waals surface area contributed by atoms with Crippen LogP contribution in [0.25, 0.3) is 0 Å². The Labute approximate surface area is 147 Å². The molecule has 1 amide bonds. The van der Waals surface area contributed by atoms with Crippen molar-refractivity contribution in [2.75, 3.05) is 27.2 Å². The van der Waals surface area contributed by atoms with Gasteiger partial charge < -0.3 is 4.90 Å². The van der Waals surface area contributed by atoms with Crippen LogP contribution in [0, 0.1) is 0 Å². The zero-order chi connectivity index (χ0) is 17.2. The third-order valence-corrected chi connectivity index (χ3v) is 4.83. The number of halogens is 1. The molecule has 24 heavy (non-hydrogen) atoms. The first-order valence-corrected chi connectivity index (χ1v) is 8.58. The number of nitrogens with zero attached hydrogens (tertiary/aromatic N) is 4. The quantitative estimate of drug-likeness (QED) is 0.854. The summed E-state index contributed by atoms with van der Waals surface area (Å²) in [4.78, 5) is 17.0. The molecule has 1 fully saturated rings. The van der Waals surface area contributed by atoms with Gasteiger partial charge in [-0.3, -0.25) is 14.4 Å². The van der Waals surface area contributed by atoms with Gasteiger partial charge in [0.25, 0.3) is 5.91 Å². The molecule has 0 radical (unpaired) electrons. The predicted octanol–water partition coefficient (Wildman–Crippen LogP) is 2.62. The van der Waals surface area contributed by atoms with Crippen LogP contribution in [0.3, 0.4) is 0 Å². The Morgan fingerprint density at radius 2 is 2.21 bits per heavy atom. The van der Waals surface area contributed by atoms with Crippen LogP contribution >= 0.6 is 11.6 Å². The van der Waals surface area contributed by atoms with Crippen LogP contribution in [0.2, 0.25) is 5.02 Å². The van der Waals surface area contributed by atoms with Crippen molar-refractivity contribution in [3.05, 3.63) is 53.3 Å². The smallest absolute Gasteiger partial charge is 0.251 e. The summed E-state index contributed by atoms with van der Waals surface area (Å²) in [6.07, 6.45) is 5.39. The van der Waals surface area contributed by atoms with E-state index in [4.69, 9.17) is 11.6 Å². The lowest BCUT2D eigenvalue weighted by Crippen LogP contribution is -2.58. The van der Waals surface area contributed by atoms with E-state index in [1.807, 2.05) is 49.2 Å². The highest BCUT2D eigenvalue weighted by Crippen LogP contribution is 2.31. The minimum absolute atomic E-state index is 0.0991. The molecule has 5 nitrogen and oxygen atoms in total. The Morgan fingerprint density at radius 3 is 2.88 bits per heavy atom. The molecule has 0 bridgehead atoms. The molecule has 1 aromatic carbocycles. The van der Waals surface area contributed by atoms with E-state index in [1.54, 1.807) is 11.1 Å². The van der Waals surface area contributed by atoms with Crippen molar-refractivity contribution in [2.45, 2.75) is 24.9 Å². The van der Waals surface area contributed by atoms with Gasteiger partial charge in [-0.1, -0.05) is 23.7 Å². The summed E-state index contributed by atoms with van der Waals surface area (Å²) in [6.45, 7) is 2.40. The number of likely N-dealkylation sites (tertiary alicyclic amines) is 1. The van der Waals surface area contributed by atoms with Crippen molar-refractivity contribution in [2.24, 2.45) is 0 Å². The second kappa shape index (κ2) is 6.95. The zero-order valence-electron chi connectivity index (χ0n) is 14.2. The molecule has 0 N–H and O–H groups in total. The van der Waals surface area contributed by atoms with Gasteiger partial charge in [-0.05, 0) is 43.1 Å². The molecular formula is C18H23ClN4O. The van der Waals surface area contributed by atoms with Gasteiger partial charge in [-0.2, -0.15) is 5.10 Å². The first-order valence-electron chi connectivity index (χ1n) is 8.20. The van der Waals surface area contributed by atoms with Gasteiger partial charge in [-0.25, -0.2) is 0 Å². The van der Waals surface area contributed by atoms with E-state index < -0.39 is 5.54 Å². The van der Waals surface area contributed by atoms with Crippen molar-refractivity contribution in [1.29, 1.82) is 0 Å². The lowest BCUT2D eigenvalue weighted by Gasteiger charge is -2.43. The van der Waals surface area contributed by atoms with Gasteiger partial charge >= 0.3 is 0 Å². The molecule has 1 saturated heterocycles. The fourth-order valence-corrected chi connectivity index (χ4v) is 3.76. The first kappa shape index (κ1) is 17.0. The maximum atomic E-state index is 13.0. The highest BCUT2D eigenvalue weighted by atomic mass is 35.5. The maximum Gasteiger partial charge on any atom is 0.251 e. The van der Waals surface area contributed by atoms with E-state index in [9.17, 15) is 4.79 Å². The summed E-state index contributed by atoms with van der Waals surface area (Å²) in [7, 11) is 3.62. The molecule has 3 rings (SSSR count). The van der Waals surface area contributed by atoms with Crippen LogP contribution in [-0.2, 0) is 16.9 Å². The second-order valence-corrected chi connectivity index (χ2v) is 7.06. The molecule has 1 aromatic heterocycles. The number of aromatic nitrogens is 2. The standard InChI is InChI=1S/C18H23ClN4O/c1-21(2)17(24)18(23-11-5-9-20-23)8-4-10-22(14-18)13-15-6-3-7-16(19)12-15/h3,5-7,9,11-12H,4,8,10,13-14H2,1-2H3. The monoisotopic (exact) mass is 346 g/mol. The van der Waals surface area contributed by atoms with E-state index in [1.165, 1.54) is 0 Å². The summed E-state index contributed by atoms with van der Waals surface area (Å²) in [6, 6.07) is 9.78. The molecule has 1 unspecified atom stereocenters. The van der Waals surface area contributed by atoms with Crippen molar-refractivity contribution in [3.8, 4) is 0 Å². The van der Waals surface area contributed by atoms with E-state index in [0.29, 0.717) is 6.54 Å². The summed E-state index contributed by atoms with van der Waals surface area (Å²) in [5.41, 5.74) is 0.528. The number of carbonyl (C=O) groups is 1. The van der Waals surface area contributed by atoms with Crippen LogP contribution in [0.4, 0.5) is 0 Å². The van der Waals surface area contributed by atoms with E-state index in [-0.39, 0.29) is 5.91 Å². The summed E-state index contributed by atoms with van der Waals surface area (Å²) < 4.78 is 1.83. The molecule has 0 spiro atoms. The number of rotatable bonds is 4. The molecule has 0 aliphatic carbocycles. The Balaban J connectivity index is 1.86. The van der Waals surface area contributed by atoms with Gasteiger partial charge in [0, 0.05) is 44.6 Å². The lowest BCUT2D eigenvalue weighted by molar-refractivity contribution is -0.142.